The molecule has 33 heavy (non-hydrogen) atoms. The van der Waals surface area contributed by atoms with E-state index in [0.717, 1.165) is 0 Å². The first-order chi connectivity index (χ1) is 15.5. The van der Waals surface area contributed by atoms with Crippen LogP contribution in [0, 0.1) is 17.2 Å². The van der Waals surface area contributed by atoms with E-state index in [2.05, 4.69) is 15.6 Å². The summed E-state index contributed by atoms with van der Waals surface area (Å²) in [5.74, 6) is 0.0672. The largest absolute Gasteiger partial charge is 0.389 e. The number of anilines is 3. The van der Waals surface area contributed by atoms with E-state index in [-0.39, 0.29) is 24.3 Å². The first-order valence-electron chi connectivity index (χ1n) is 10.6. The molecule has 2 aromatic carbocycles. The SMILES string of the molecule is CC(C)C(=O)N(C)c1ccc2c(c1)nc(NC(=O)Nc1cccc(C#N)c1)n2CC(C)(C)O. The van der Waals surface area contributed by atoms with Crippen molar-refractivity contribution in [1.29, 1.82) is 5.26 Å². The number of urea groups is 1. The highest BCUT2D eigenvalue weighted by atomic mass is 16.3. The first-order valence-corrected chi connectivity index (χ1v) is 10.6. The standard InChI is InChI=1S/C24H28N6O3/c1-15(2)21(31)29(5)18-9-10-20-19(12-18)27-22(30(20)14-24(3,4)33)28-23(32)26-17-8-6-7-16(11-17)13-25/h6-12,15,33H,14H2,1-5H3,(H2,26,27,28,32). The molecule has 3 amide bonds. The van der Waals surface area contributed by atoms with Crippen LogP contribution in [-0.4, -0.2) is 39.2 Å². The Morgan fingerprint density at radius 2 is 1.94 bits per heavy atom. The van der Waals surface area contributed by atoms with Gasteiger partial charge in [-0.15, -0.1) is 0 Å². The average molecular weight is 449 g/mol. The van der Waals surface area contributed by atoms with E-state index < -0.39 is 11.6 Å². The van der Waals surface area contributed by atoms with E-state index in [1.807, 2.05) is 32.0 Å². The van der Waals surface area contributed by atoms with Crippen molar-refractivity contribution in [1.82, 2.24) is 9.55 Å². The lowest BCUT2D eigenvalue weighted by Gasteiger charge is -2.21. The van der Waals surface area contributed by atoms with E-state index in [4.69, 9.17) is 5.26 Å². The van der Waals surface area contributed by atoms with Crippen LogP contribution in [0.5, 0.6) is 0 Å². The number of carbonyl (C=O) groups is 2. The van der Waals surface area contributed by atoms with E-state index in [1.165, 1.54) is 0 Å². The molecule has 9 heteroatoms. The number of benzene rings is 2. The molecule has 172 valence electrons. The molecule has 0 unspecified atom stereocenters. The molecule has 9 nitrogen and oxygen atoms in total. The zero-order chi connectivity index (χ0) is 24.3. The van der Waals surface area contributed by atoms with Gasteiger partial charge in [0.15, 0.2) is 0 Å². The van der Waals surface area contributed by atoms with Crippen LogP contribution in [0.25, 0.3) is 11.0 Å². The highest BCUT2D eigenvalue weighted by Gasteiger charge is 2.22. The maximum Gasteiger partial charge on any atom is 0.326 e. The van der Waals surface area contributed by atoms with Crippen LogP contribution in [0.3, 0.4) is 0 Å². The van der Waals surface area contributed by atoms with Gasteiger partial charge in [0.1, 0.15) is 0 Å². The number of carbonyl (C=O) groups excluding carboxylic acids is 2. The second kappa shape index (κ2) is 9.30. The van der Waals surface area contributed by atoms with Crippen molar-refractivity contribution in [2.24, 2.45) is 5.92 Å². The Labute approximate surface area is 192 Å². The Kier molecular flexibility index (Phi) is 6.70. The molecule has 0 fully saturated rings. The number of aliphatic hydroxyl groups is 1. The minimum Gasteiger partial charge on any atom is -0.389 e. The highest BCUT2D eigenvalue weighted by Crippen LogP contribution is 2.27. The lowest BCUT2D eigenvalue weighted by molar-refractivity contribution is -0.121. The summed E-state index contributed by atoms with van der Waals surface area (Å²) in [6.07, 6.45) is 0. The molecule has 3 rings (SSSR count). The van der Waals surface area contributed by atoms with E-state index >= 15 is 0 Å². The van der Waals surface area contributed by atoms with Crippen molar-refractivity contribution < 1.29 is 14.7 Å². The zero-order valence-corrected chi connectivity index (χ0v) is 19.4. The number of nitriles is 1. The monoisotopic (exact) mass is 448 g/mol. The quantitative estimate of drug-likeness (QED) is 0.527. The van der Waals surface area contributed by atoms with Gasteiger partial charge in [-0.3, -0.25) is 10.1 Å². The first kappa shape index (κ1) is 23.8. The zero-order valence-electron chi connectivity index (χ0n) is 19.4. The molecular formula is C24H28N6O3. The highest BCUT2D eigenvalue weighted by molar-refractivity contribution is 6.00. The molecule has 0 radical (unpaired) electrons. The van der Waals surface area contributed by atoms with Crippen molar-refractivity contribution in [3.8, 4) is 6.07 Å². The molecule has 0 aliphatic rings. The van der Waals surface area contributed by atoms with Gasteiger partial charge in [-0.05, 0) is 50.2 Å². The van der Waals surface area contributed by atoms with Crippen LogP contribution in [0.1, 0.15) is 33.3 Å². The van der Waals surface area contributed by atoms with Crippen LogP contribution in [0.15, 0.2) is 42.5 Å². The molecule has 0 aliphatic heterocycles. The molecule has 1 aromatic heterocycles. The molecule has 0 aliphatic carbocycles. The van der Waals surface area contributed by atoms with E-state index in [1.54, 1.807) is 60.7 Å². The van der Waals surface area contributed by atoms with Crippen LogP contribution in [0.2, 0.25) is 0 Å². The van der Waals surface area contributed by atoms with E-state index in [9.17, 15) is 14.7 Å². The van der Waals surface area contributed by atoms with Crippen LogP contribution < -0.4 is 15.5 Å². The molecular weight excluding hydrogens is 420 g/mol. The summed E-state index contributed by atoms with van der Waals surface area (Å²) in [6.45, 7) is 7.19. The average Bonchev–Trinajstić information content (AvgIpc) is 3.07. The number of nitrogens with zero attached hydrogens (tertiary/aromatic N) is 4. The third-order valence-corrected chi connectivity index (χ3v) is 4.96. The number of hydrogen-bond acceptors (Lipinski definition) is 5. The maximum atomic E-state index is 12.6. The third-order valence-electron chi connectivity index (χ3n) is 4.96. The number of rotatable bonds is 6. The predicted molar refractivity (Wildman–Crippen MR) is 128 cm³/mol. The molecule has 0 saturated heterocycles. The topological polar surface area (TPSA) is 123 Å². The fourth-order valence-electron chi connectivity index (χ4n) is 3.41. The normalized spacial score (nSPS) is 11.3. The summed E-state index contributed by atoms with van der Waals surface area (Å²) in [7, 11) is 1.71. The van der Waals surface area contributed by atoms with Crippen molar-refractivity contribution in [3.63, 3.8) is 0 Å². The number of aromatic nitrogens is 2. The van der Waals surface area contributed by atoms with Crippen molar-refractivity contribution in [3.05, 3.63) is 48.0 Å². The van der Waals surface area contributed by atoms with Gasteiger partial charge in [-0.25, -0.2) is 9.78 Å². The van der Waals surface area contributed by atoms with Crippen molar-refractivity contribution in [2.75, 3.05) is 22.6 Å². The Morgan fingerprint density at radius 1 is 1.21 bits per heavy atom. The van der Waals surface area contributed by atoms with Gasteiger partial charge in [0.2, 0.25) is 11.9 Å². The van der Waals surface area contributed by atoms with Gasteiger partial charge in [0.05, 0.1) is 34.8 Å². The van der Waals surface area contributed by atoms with Crippen LogP contribution >= 0.6 is 0 Å². The smallest absolute Gasteiger partial charge is 0.326 e. The van der Waals surface area contributed by atoms with E-state index in [0.29, 0.717) is 28.0 Å². The number of nitrogens with one attached hydrogen (secondary N) is 2. The summed E-state index contributed by atoms with van der Waals surface area (Å²) in [5.41, 5.74) is 1.78. The van der Waals surface area contributed by atoms with Gasteiger partial charge < -0.3 is 19.9 Å². The minimum absolute atomic E-state index is 0.0254. The minimum atomic E-state index is -1.06. The number of amides is 3. The fraction of sp³-hybridized carbons (Fsp3) is 0.333. The second-order valence-electron chi connectivity index (χ2n) is 8.83. The molecule has 0 saturated carbocycles. The summed E-state index contributed by atoms with van der Waals surface area (Å²) in [4.78, 5) is 31.1. The molecule has 0 spiro atoms. The van der Waals surface area contributed by atoms with Gasteiger partial charge in [-0.1, -0.05) is 19.9 Å². The summed E-state index contributed by atoms with van der Waals surface area (Å²) in [6, 6.07) is 13.4. The Bertz CT molecular complexity index is 1230. The molecule has 3 aromatic rings. The summed E-state index contributed by atoms with van der Waals surface area (Å²) >= 11 is 0. The Balaban J connectivity index is 1.94. The van der Waals surface area contributed by atoms with Crippen LogP contribution in [0.4, 0.5) is 22.1 Å². The lowest BCUT2D eigenvalue weighted by Crippen LogP contribution is -2.30. The lowest BCUT2D eigenvalue weighted by atomic mass is 10.1. The second-order valence-corrected chi connectivity index (χ2v) is 8.83. The van der Waals surface area contributed by atoms with Crippen molar-refractivity contribution in [2.45, 2.75) is 39.8 Å². The predicted octanol–water partition coefficient (Wildman–Crippen LogP) is 3.94. The molecule has 0 atom stereocenters. The maximum absolute atomic E-state index is 12.6. The Morgan fingerprint density at radius 3 is 2.58 bits per heavy atom. The number of imidazole rings is 1. The summed E-state index contributed by atoms with van der Waals surface area (Å²) < 4.78 is 1.72. The Hall–Kier alpha value is -3.90. The number of fused-ring (bicyclic) bond motifs is 1. The van der Waals surface area contributed by atoms with Gasteiger partial charge in [0.25, 0.3) is 0 Å². The fourth-order valence-corrected chi connectivity index (χ4v) is 3.41. The summed E-state index contributed by atoms with van der Waals surface area (Å²) in [5, 5.41) is 24.9. The van der Waals surface area contributed by atoms with Crippen molar-refractivity contribution >= 4 is 40.3 Å². The van der Waals surface area contributed by atoms with Gasteiger partial charge >= 0.3 is 6.03 Å². The third kappa shape index (κ3) is 5.67. The number of hydrogen-bond donors (Lipinski definition) is 3. The van der Waals surface area contributed by atoms with Gasteiger partial charge in [-0.2, -0.15) is 5.26 Å². The molecule has 1 heterocycles. The molecule has 3 N–H and O–H groups in total. The molecule has 0 bridgehead atoms. The van der Waals surface area contributed by atoms with Crippen LogP contribution in [-0.2, 0) is 11.3 Å². The van der Waals surface area contributed by atoms with Gasteiger partial charge in [0, 0.05) is 24.3 Å².